The molecule has 0 spiro atoms. The van der Waals surface area contributed by atoms with Crippen molar-refractivity contribution in [1.29, 1.82) is 0 Å². The fourth-order valence-electron chi connectivity index (χ4n) is 3.59. The monoisotopic (exact) mass is 368 g/mol. The number of anilines is 1. The Balaban J connectivity index is 1.55. The maximum absolute atomic E-state index is 12.9. The molecule has 4 nitrogen and oxygen atoms in total. The molecule has 0 saturated heterocycles. The van der Waals surface area contributed by atoms with Gasteiger partial charge in [-0.2, -0.15) is 0 Å². The summed E-state index contributed by atoms with van der Waals surface area (Å²) in [7, 11) is 0. The van der Waals surface area contributed by atoms with Gasteiger partial charge in [0.05, 0.1) is 6.54 Å². The minimum atomic E-state index is -0.0975. The standard InChI is InChI=1S/C21H21ClN2O2/c22-16-9-11-17(12-10-16)23-21(25)24(18-6-2-3-7-18)14-19-13-15-5-1-4-8-20(15)26-19/h1,4-5,8-13,18H,2-3,6-7,14H2,(H,23,25). The lowest BCUT2D eigenvalue weighted by Gasteiger charge is -2.28. The minimum absolute atomic E-state index is 0.0975. The van der Waals surface area contributed by atoms with Crippen LogP contribution in [0.25, 0.3) is 11.0 Å². The molecule has 0 unspecified atom stereocenters. The number of halogens is 1. The predicted octanol–water partition coefficient (Wildman–Crippen LogP) is 6.06. The predicted molar refractivity (Wildman–Crippen MR) is 104 cm³/mol. The van der Waals surface area contributed by atoms with Crippen LogP contribution in [0.4, 0.5) is 10.5 Å². The third-order valence-corrected chi connectivity index (χ3v) is 5.18. The van der Waals surface area contributed by atoms with Crippen LogP contribution in [-0.2, 0) is 6.54 Å². The van der Waals surface area contributed by atoms with Crippen molar-refractivity contribution in [2.75, 3.05) is 5.32 Å². The molecule has 3 aromatic rings. The summed E-state index contributed by atoms with van der Waals surface area (Å²) in [5, 5.41) is 4.70. The van der Waals surface area contributed by atoms with E-state index in [0.717, 1.165) is 48.1 Å². The van der Waals surface area contributed by atoms with Crippen LogP contribution in [0.15, 0.2) is 59.0 Å². The first kappa shape index (κ1) is 17.0. The Hall–Kier alpha value is -2.46. The van der Waals surface area contributed by atoms with E-state index in [2.05, 4.69) is 5.32 Å². The SMILES string of the molecule is O=C(Nc1ccc(Cl)cc1)N(Cc1cc2ccccc2o1)C1CCCC1. The molecule has 0 atom stereocenters. The molecule has 1 saturated carbocycles. The van der Waals surface area contributed by atoms with Gasteiger partial charge in [-0.25, -0.2) is 4.79 Å². The number of carbonyl (C=O) groups is 1. The van der Waals surface area contributed by atoms with E-state index < -0.39 is 0 Å². The molecule has 2 aromatic carbocycles. The zero-order valence-corrected chi connectivity index (χ0v) is 15.2. The summed E-state index contributed by atoms with van der Waals surface area (Å²) in [6, 6.07) is 17.3. The van der Waals surface area contributed by atoms with Crippen molar-refractivity contribution in [3.63, 3.8) is 0 Å². The first-order valence-corrected chi connectivity index (χ1v) is 9.37. The van der Waals surface area contributed by atoms with Crippen molar-refractivity contribution in [2.45, 2.75) is 38.3 Å². The molecule has 0 bridgehead atoms. The fraction of sp³-hybridized carbons (Fsp3) is 0.286. The zero-order valence-electron chi connectivity index (χ0n) is 14.5. The van der Waals surface area contributed by atoms with Gasteiger partial charge in [0.2, 0.25) is 0 Å². The molecular weight excluding hydrogens is 348 g/mol. The van der Waals surface area contributed by atoms with Crippen LogP contribution in [0.1, 0.15) is 31.4 Å². The summed E-state index contributed by atoms with van der Waals surface area (Å²) >= 11 is 5.92. The number of amides is 2. The second kappa shape index (κ2) is 7.42. The van der Waals surface area contributed by atoms with Crippen molar-refractivity contribution in [3.8, 4) is 0 Å². The van der Waals surface area contributed by atoms with Crippen LogP contribution in [-0.4, -0.2) is 17.0 Å². The maximum atomic E-state index is 12.9. The summed E-state index contributed by atoms with van der Waals surface area (Å²) in [6.45, 7) is 0.471. The number of furan rings is 1. The number of nitrogens with one attached hydrogen (secondary N) is 1. The fourth-order valence-corrected chi connectivity index (χ4v) is 3.72. The molecule has 1 aliphatic rings. The molecule has 134 valence electrons. The maximum Gasteiger partial charge on any atom is 0.322 e. The number of urea groups is 1. The summed E-state index contributed by atoms with van der Waals surface area (Å²) in [4.78, 5) is 14.8. The highest BCUT2D eigenvalue weighted by Gasteiger charge is 2.28. The van der Waals surface area contributed by atoms with Crippen molar-refractivity contribution < 1.29 is 9.21 Å². The molecule has 0 radical (unpaired) electrons. The lowest BCUT2D eigenvalue weighted by Crippen LogP contribution is -2.41. The topological polar surface area (TPSA) is 45.5 Å². The molecule has 26 heavy (non-hydrogen) atoms. The number of para-hydroxylation sites is 1. The van der Waals surface area contributed by atoms with Crippen molar-refractivity contribution in [1.82, 2.24) is 4.90 Å². The van der Waals surface area contributed by atoms with Gasteiger partial charge in [0, 0.05) is 22.1 Å². The third kappa shape index (κ3) is 3.70. The average molecular weight is 369 g/mol. The van der Waals surface area contributed by atoms with Gasteiger partial charge in [-0.3, -0.25) is 0 Å². The van der Waals surface area contributed by atoms with E-state index in [9.17, 15) is 4.79 Å². The van der Waals surface area contributed by atoms with E-state index in [1.807, 2.05) is 47.4 Å². The van der Waals surface area contributed by atoms with Gasteiger partial charge in [0.25, 0.3) is 0 Å². The third-order valence-electron chi connectivity index (χ3n) is 4.92. The summed E-state index contributed by atoms with van der Waals surface area (Å²) in [5.41, 5.74) is 1.60. The molecule has 1 N–H and O–H groups in total. The first-order chi connectivity index (χ1) is 12.7. The number of hydrogen-bond acceptors (Lipinski definition) is 2. The van der Waals surface area contributed by atoms with Crippen molar-refractivity contribution in [3.05, 3.63) is 65.4 Å². The Morgan fingerprint density at radius 2 is 1.85 bits per heavy atom. The molecule has 1 fully saturated rings. The average Bonchev–Trinajstić information content (AvgIpc) is 3.30. The van der Waals surface area contributed by atoms with Gasteiger partial charge in [0.1, 0.15) is 11.3 Å². The number of rotatable bonds is 4. The number of carbonyl (C=O) groups excluding carboxylic acids is 1. The molecule has 1 heterocycles. The number of benzene rings is 2. The van der Waals surface area contributed by atoms with Crippen LogP contribution in [0.5, 0.6) is 0 Å². The van der Waals surface area contributed by atoms with Crippen LogP contribution < -0.4 is 5.32 Å². The Morgan fingerprint density at radius 1 is 1.12 bits per heavy atom. The van der Waals surface area contributed by atoms with E-state index in [1.165, 1.54) is 0 Å². The van der Waals surface area contributed by atoms with Crippen LogP contribution in [0.3, 0.4) is 0 Å². The highest BCUT2D eigenvalue weighted by atomic mass is 35.5. The minimum Gasteiger partial charge on any atom is -0.459 e. The zero-order chi connectivity index (χ0) is 17.9. The van der Waals surface area contributed by atoms with Crippen LogP contribution in [0.2, 0.25) is 5.02 Å². The summed E-state index contributed by atoms with van der Waals surface area (Å²) in [6.07, 6.45) is 4.40. The van der Waals surface area contributed by atoms with E-state index in [0.29, 0.717) is 11.6 Å². The van der Waals surface area contributed by atoms with Crippen LogP contribution in [0, 0.1) is 0 Å². The molecule has 1 aliphatic carbocycles. The Labute approximate surface area is 157 Å². The lowest BCUT2D eigenvalue weighted by atomic mass is 10.2. The molecular formula is C21H21ClN2O2. The van der Waals surface area contributed by atoms with Crippen molar-refractivity contribution in [2.24, 2.45) is 0 Å². The largest absolute Gasteiger partial charge is 0.459 e. The molecule has 5 heteroatoms. The molecule has 0 aliphatic heterocycles. The normalized spacial score (nSPS) is 14.7. The second-order valence-corrected chi connectivity index (χ2v) is 7.19. The number of nitrogens with zero attached hydrogens (tertiary/aromatic N) is 1. The molecule has 2 amide bonds. The number of hydrogen-bond donors (Lipinski definition) is 1. The Bertz CT molecular complexity index is 865. The van der Waals surface area contributed by atoms with E-state index in [4.69, 9.17) is 16.0 Å². The second-order valence-electron chi connectivity index (χ2n) is 6.75. The van der Waals surface area contributed by atoms with E-state index >= 15 is 0 Å². The lowest BCUT2D eigenvalue weighted by molar-refractivity contribution is 0.179. The van der Waals surface area contributed by atoms with Gasteiger partial charge in [0.15, 0.2) is 0 Å². The van der Waals surface area contributed by atoms with E-state index in [-0.39, 0.29) is 12.1 Å². The van der Waals surface area contributed by atoms with Gasteiger partial charge in [-0.1, -0.05) is 42.6 Å². The van der Waals surface area contributed by atoms with Gasteiger partial charge in [-0.05, 0) is 49.2 Å². The van der Waals surface area contributed by atoms with Gasteiger partial charge in [-0.15, -0.1) is 0 Å². The Kier molecular flexibility index (Phi) is 4.85. The van der Waals surface area contributed by atoms with Gasteiger partial charge < -0.3 is 14.6 Å². The smallest absolute Gasteiger partial charge is 0.322 e. The van der Waals surface area contributed by atoms with Crippen molar-refractivity contribution >= 4 is 34.3 Å². The van der Waals surface area contributed by atoms with E-state index in [1.54, 1.807) is 12.1 Å². The van der Waals surface area contributed by atoms with Crippen LogP contribution >= 0.6 is 11.6 Å². The molecule has 1 aromatic heterocycles. The highest BCUT2D eigenvalue weighted by molar-refractivity contribution is 6.30. The molecule has 4 rings (SSSR count). The quantitative estimate of drug-likeness (QED) is 0.608. The Morgan fingerprint density at radius 3 is 2.58 bits per heavy atom. The first-order valence-electron chi connectivity index (χ1n) is 9.00. The number of fused-ring (bicyclic) bond motifs is 1. The van der Waals surface area contributed by atoms with Gasteiger partial charge >= 0.3 is 6.03 Å². The summed E-state index contributed by atoms with van der Waals surface area (Å²) < 4.78 is 5.94. The summed E-state index contributed by atoms with van der Waals surface area (Å²) in [5.74, 6) is 0.810. The highest BCUT2D eigenvalue weighted by Crippen LogP contribution is 2.28.